The molecule has 0 saturated carbocycles. The van der Waals surface area contributed by atoms with Gasteiger partial charge in [-0.1, -0.05) is 11.3 Å². The Morgan fingerprint density at radius 2 is 1.71 bits per heavy atom. The first-order chi connectivity index (χ1) is 15.9. The van der Waals surface area contributed by atoms with E-state index in [9.17, 15) is 23.9 Å². The number of anilines is 3. The third kappa shape index (κ3) is 5.15. The third-order valence-electron chi connectivity index (χ3n) is 4.96. The molecule has 3 aromatic rings. The highest BCUT2D eigenvalue weighted by Gasteiger charge is 2.30. The molecule has 1 atom stereocenters. The molecule has 1 unspecified atom stereocenters. The zero-order valence-corrected chi connectivity index (χ0v) is 19.4. The number of nitrogens with zero attached hydrogens (tertiary/aromatic N) is 2. The Bertz CT molecular complexity index is 1230. The number of primary amides is 1. The lowest BCUT2D eigenvalue weighted by Gasteiger charge is -2.26. The Morgan fingerprint density at radius 3 is 2.24 bits per heavy atom. The molecule has 2 aromatic carbocycles. The van der Waals surface area contributed by atoms with E-state index >= 15 is 0 Å². The van der Waals surface area contributed by atoms with Crippen LogP contribution in [0.5, 0.6) is 5.75 Å². The maximum absolute atomic E-state index is 13.4. The van der Waals surface area contributed by atoms with Gasteiger partial charge in [-0.25, -0.2) is 14.2 Å². The van der Waals surface area contributed by atoms with E-state index in [-0.39, 0.29) is 27.1 Å². The van der Waals surface area contributed by atoms with E-state index in [1.165, 1.54) is 67.3 Å². The van der Waals surface area contributed by atoms with Crippen LogP contribution < -0.4 is 21.1 Å². The Hall–Kier alpha value is -3.99. The average molecular weight is 487 g/mol. The van der Waals surface area contributed by atoms with Crippen molar-refractivity contribution in [2.24, 2.45) is 5.73 Å². The third-order valence-corrected chi connectivity index (χ3v) is 6.03. The molecule has 5 N–H and O–H groups in total. The smallest absolute Gasteiger partial charge is 0.347 e. The molecule has 0 aliphatic rings. The van der Waals surface area contributed by atoms with Gasteiger partial charge in [0, 0.05) is 11.3 Å². The van der Waals surface area contributed by atoms with Crippen LogP contribution in [0.15, 0.2) is 48.5 Å². The van der Waals surface area contributed by atoms with Crippen molar-refractivity contribution in [3.63, 3.8) is 0 Å². The number of halogens is 1. The van der Waals surface area contributed by atoms with E-state index < -0.39 is 35.1 Å². The van der Waals surface area contributed by atoms with E-state index in [4.69, 9.17) is 16.2 Å². The van der Waals surface area contributed by atoms with Crippen LogP contribution in [0.3, 0.4) is 0 Å². The normalized spacial score (nSPS) is 12.1. The zero-order chi connectivity index (χ0) is 25.2. The number of aromatic nitrogens is 1. The van der Waals surface area contributed by atoms with Crippen molar-refractivity contribution in [3.8, 4) is 5.75 Å². The van der Waals surface area contributed by atoms with Crippen LogP contribution >= 0.6 is 11.3 Å². The van der Waals surface area contributed by atoms with Crippen LogP contribution in [0.2, 0.25) is 0 Å². The Labute approximate surface area is 198 Å². The van der Waals surface area contributed by atoms with Gasteiger partial charge in [0.2, 0.25) is 11.7 Å². The minimum atomic E-state index is -1.44. The number of hydrogen-bond donors (Lipinski definition) is 3. The van der Waals surface area contributed by atoms with E-state index in [1.54, 1.807) is 6.92 Å². The van der Waals surface area contributed by atoms with E-state index in [1.807, 2.05) is 0 Å². The van der Waals surface area contributed by atoms with Crippen LogP contribution in [0.25, 0.3) is 0 Å². The fourth-order valence-corrected chi connectivity index (χ4v) is 4.01. The second-order valence-electron chi connectivity index (χ2n) is 7.91. The SMILES string of the molecule is CC(C(N)=O)N(c1ccc(F)cc1)c1nc(N)c(C(=O)c2ccc(OC(C)(C)C(=O)O)cc2)s1. The van der Waals surface area contributed by atoms with Gasteiger partial charge in [0.1, 0.15) is 28.3 Å². The van der Waals surface area contributed by atoms with Crippen LogP contribution in [0.1, 0.15) is 36.0 Å². The molecule has 0 radical (unpaired) electrons. The van der Waals surface area contributed by atoms with E-state index in [2.05, 4.69) is 4.98 Å². The molecular weight excluding hydrogens is 463 g/mol. The Morgan fingerprint density at radius 1 is 1.12 bits per heavy atom. The van der Waals surface area contributed by atoms with Gasteiger partial charge in [-0.15, -0.1) is 0 Å². The fourth-order valence-electron chi connectivity index (χ4n) is 2.96. The van der Waals surface area contributed by atoms with Crippen molar-refractivity contribution in [2.75, 3.05) is 10.6 Å². The first kappa shape index (κ1) is 24.6. The molecule has 0 aliphatic heterocycles. The molecule has 1 aromatic heterocycles. The van der Waals surface area contributed by atoms with Crippen molar-refractivity contribution >= 4 is 45.6 Å². The van der Waals surface area contributed by atoms with Gasteiger partial charge >= 0.3 is 5.97 Å². The number of thiazole rings is 1. The molecule has 1 amide bonds. The number of carbonyl (C=O) groups is 3. The van der Waals surface area contributed by atoms with Crippen molar-refractivity contribution in [1.29, 1.82) is 0 Å². The lowest BCUT2D eigenvalue weighted by atomic mass is 10.1. The molecule has 178 valence electrons. The first-order valence-electron chi connectivity index (χ1n) is 10.1. The van der Waals surface area contributed by atoms with Gasteiger partial charge in [0.25, 0.3) is 0 Å². The van der Waals surface area contributed by atoms with E-state index in [0.717, 1.165) is 11.3 Å². The van der Waals surface area contributed by atoms with Crippen molar-refractivity contribution in [2.45, 2.75) is 32.4 Å². The van der Waals surface area contributed by atoms with Crippen LogP contribution in [-0.2, 0) is 9.59 Å². The minimum absolute atomic E-state index is 0.0406. The molecule has 0 bridgehead atoms. The summed E-state index contributed by atoms with van der Waals surface area (Å²) < 4.78 is 18.9. The Kier molecular flexibility index (Phi) is 6.87. The lowest BCUT2D eigenvalue weighted by Crippen LogP contribution is -2.39. The largest absolute Gasteiger partial charge is 0.478 e. The lowest BCUT2D eigenvalue weighted by molar-refractivity contribution is -0.152. The second kappa shape index (κ2) is 9.48. The standard InChI is InChI=1S/C23H23FN4O5S/c1-12(20(26)30)28(15-8-6-14(24)7-9-15)22-27-19(25)18(34-22)17(29)13-4-10-16(11-5-13)33-23(2,3)21(31)32/h4-12H,25H2,1-3H3,(H2,26,30)(H,31,32). The summed E-state index contributed by atoms with van der Waals surface area (Å²) in [5.74, 6) is -2.42. The molecule has 34 heavy (non-hydrogen) atoms. The van der Waals surface area contributed by atoms with Gasteiger partial charge in [0.05, 0.1) is 0 Å². The highest BCUT2D eigenvalue weighted by molar-refractivity contribution is 7.18. The summed E-state index contributed by atoms with van der Waals surface area (Å²) in [7, 11) is 0. The fraction of sp³-hybridized carbons (Fsp3) is 0.217. The summed E-state index contributed by atoms with van der Waals surface area (Å²) in [5.41, 5.74) is 10.8. The number of carbonyl (C=O) groups excluding carboxylic acids is 2. The minimum Gasteiger partial charge on any atom is -0.478 e. The molecule has 0 saturated heterocycles. The number of ketones is 1. The molecule has 3 rings (SSSR count). The molecular formula is C23H23FN4O5S. The second-order valence-corrected chi connectivity index (χ2v) is 8.88. The molecule has 11 heteroatoms. The van der Waals surface area contributed by atoms with Gasteiger partial charge in [-0.3, -0.25) is 9.59 Å². The number of ether oxygens (including phenoxy) is 1. The maximum atomic E-state index is 13.4. The van der Waals surface area contributed by atoms with Gasteiger partial charge in [-0.05, 0) is 69.3 Å². The van der Waals surface area contributed by atoms with Crippen molar-refractivity contribution < 1.29 is 28.6 Å². The van der Waals surface area contributed by atoms with Crippen molar-refractivity contribution in [1.82, 2.24) is 4.98 Å². The number of nitrogen functional groups attached to an aromatic ring is 1. The number of nitrogens with two attached hydrogens (primary N) is 2. The molecule has 0 aliphatic carbocycles. The predicted molar refractivity (Wildman–Crippen MR) is 126 cm³/mol. The van der Waals surface area contributed by atoms with Gasteiger partial charge < -0.3 is 26.2 Å². The molecule has 9 nitrogen and oxygen atoms in total. The molecule has 0 spiro atoms. The molecule has 0 fully saturated rings. The number of carboxylic acid groups (broad SMARTS) is 1. The van der Waals surface area contributed by atoms with Crippen LogP contribution in [-0.4, -0.2) is 39.4 Å². The van der Waals surface area contributed by atoms with Crippen LogP contribution in [0.4, 0.5) is 21.0 Å². The summed E-state index contributed by atoms with van der Waals surface area (Å²) in [6.45, 7) is 4.38. The quantitative estimate of drug-likeness (QED) is 0.390. The molecule has 1 heterocycles. The van der Waals surface area contributed by atoms with Gasteiger partial charge in [-0.2, -0.15) is 0 Å². The first-order valence-corrected chi connectivity index (χ1v) is 10.9. The Balaban J connectivity index is 1.92. The van der Waals surface area contributed by atoms with Gasteiger partial charge in [0.15, 0.2) is 10.7 Å². The number of amides is 1. The number of aliphatic carboxylic acids is 1. The topological polar surface area (TPSA) is 149 Å². The average Bonchev–Trinajstić information content (AvgIpc) is 3.15. The van der Waals surface area contributed by atoms with E-state index in [0.29, 0.717) is 5.69 Å². The highest BCUT2D eigenvalue weighted by Crippen LogP contribution is 2.36. The summed E-state index contributed by atoms with van der Waals surface area (Å²) >= 11 is 0.963. The highest BCUT2D eigenvalue weighted by atomic mass is 32.1. The summed E-state index contributed by atoms with van der Waals surface area (Å²) in [4.78, 5) is 42.1. The number of benzene rings is 2. The number of hydrogen-bond acceptors (Lipinski definition) is 8. The van der Waals surface area contributed by atoms with Crippen LogP contribution in [0, 0.1) is 5.82 Å². The predicted octanol–water partition coefficient (Wildman–Crippen LogP) is 3.35. The van der Waals surface area contributed by atoms with Crippen molar-refractivity contribution in [3.05, 3.63) is 64.8 Å². The monoisotopic (exact) mass is 486 g/mol. The summed E-state index contributed by atoms with van der Waals surface area (Å²) in [6.07, 6.45) is 0. The summed E-state index contributed by atoms with van der Waals surface area (Å²) in [6, 6.07) is 10.5. The maximum Gasteiger partial charge on any atom is 0.347 e. The number of carboxylic acids is 1. The summed E-state index contributed by atoms with van der Waals surface area (Å²) in [5, 5.41) is 9.43. The zero-order valence-electron chi connectivity index (χ0n) is 18.6. The number of rotatable bonds is 9.